The molecule has 0 aliphatic rings. The summed E-state index contributed by atoms with van der Waals surface area (Å²) in [6.07, 6.45) is 0. The second kappa shape index (κ2) is 7.40. The molecule has 0 bridgehead atoms. The van der Waals surface area contributed by atoms with Crippen LogP contribution in [0.2, 0.25) is 0 Å². The molecule has 0 atom stereocenters. The largest absolute Gasteiger partial charge is 0.0622 e. The Hall–Kier alpha value is -1.40. The minimum Gasteiger partial charge on any atom is -0.0622 e. The third-order valence-electron chi connectivity index (χ3n) is 3.04. The van der Waals surface area contributed by atoms with Crippen molar-refractivity contribution in [3.8, 4) is 0 Å². The van der Waals surface area contributed by atoms with Crippen molar-refractivity contribution in [2.24, 2.45) is 0 Å². The van der Waals surface area contributed by atoms with Crippen LogP contribution in [-0.4, -0.2) is 0 Å². The van der Waals surface area contributed by atoms with Crippen LogP contribution >= 0.6 is 7.92 Å². The van der Waals surface area contributed by atoms with Crippen molar-refractivity contribution in [3.63, 3.8) is 0 Å². The van der Waals surface area contributed by atoms with Crippen LogP contribution in [0.3, 0.4) is 0 Å². The summed E-state index contributed by atoms with van der Waals surface area (Å²) in [5.74, 6) is 0. The fourth-order valence-corrected chi connectivity index (χ4v) is 4.48. The first kappa shape index (κ1) is 15.0. The van der Waals surface area contributed by atoms with Crippen molar-refractivity contribution in [1.82, 2.24) is 0 Å². The summed E-state index contributed by atoms with van der Waals surface area (Å²) in [6.45, 7) is 0. The summed E-state index contributed by atoms with van der Waals surface area (Å²) in [5.41, 5.74) is 0. The number of hydrogen-bond acceptors (Lipinski definition) is 0. The summed E-state index contributed by atoms with van der Waals surface area (Å²) < 4.78 is 0. The average molecular weight is 321 g/mol. The zero-order valence-electron chi connectivity index (χ0n) is 10.9. The number of hydrogen-bond donors (Lipinski definition) is 0. The second-order valence-corrected chi connectivity index (χ2v) is 6.56. The third-order valence-corrected chi connectivity index (χ3v) is 5.49. The summed E-state index contributed by atoms with van der Waals surface area (Å²) in [6, 6.07) is 32.3. The first-order valence-corrected chi connectivity index (χ1v) is 7.74. The van der Waals surface area contributed by atoms with Gasteiger partial charge in [-0.25, -0.2) is 0 Å². The van der Waals surface area contributed by atoms with Crippen molar-refractivity contribution in [3.05, 3.63) is 91.0 Å². The molecule has 0 fully saturated rings. The molecule has 3 aromatic rings. The summed E-state index contributed by atoms with van der Waals surface area (Å²) >= 11 is 0. The van der Waals surface area contributed by atoms with Crippen LogP contribution in [0.25, 0.3) is 0 Å². The Morgan fingerprint density at radius 3 is 0.900 bits per heavy atom. The first-order valence-electron chi connectivity index (χ1n) is 6.40. The SMILES string of the molecule is [Co].c1ccc(P(c2ccccc2)c2ccccc2)cc1. The summed E-state index contributed by atoms with van der Waals surface area (Å²) in [5, 5.41) is 4.19. The monoisotopic (exact) mass is 321 g/mol. The Labute approximate surface area is 131 Å². The minimum absolute atomic E-state index is 0. The molecule has 1 radical (unpaired) electrons. The fourth-order valence-electron chi connectivity index (χ4n) is 2.18. The van der Waals surface area contributed by atoms with Gasteiger partial charge in [0, 0.05) is 16.8 Å². The zero-order chi connectivity index (χ0) is 12.9. The quantitative estimate of drug-likeness (QED) is 0.648. The van der Waals surface area contributed by atoms with E-state index in [2.05, 4.69) is 91.0 Å². The number of rotatable bonds is 3. The maximum Gasteiger partial charge on any atom is 0 e. The predicted octanol–water partition coefficient (Wildman–Crippen LogP) is 3.44. The molecule has 20 heavy (non-hydrogen) atoms. The van der Waals surface area contributed by atoms with Crippen LogP contribution in [0.1, 0.15) is 0 Å². The Morgan fingerprint density at radius 1 is 0.400 bits per heavy atom. The van der Waals surface area contributed by atoms with Crippen LogP contribution in [0.5, 0.6) is 0 Å². The Bertz CT molecular complexity index is 529. The average Bonchev–Trinajstić information content (AvgIpc) is 2.51. The fraction of sp³-hybridized carbons (Fsp3) is 0. The third kappa shape index (κ3) is 3.37. The molecule has 101 valence electrons. The van der Waals surface area contributed by atoms with Gasteiger partial charge < -0.3 is 0 Å². The van der Waals surface area contributed by atoms with Gasteiger partial charge in [0.15, 0.2) is 0 Å². The van der Waals surface area contributed by atoms with Gasteiger partial charge >= 0.3 is 0 Å². The molecule has 2 heteroatoms. The van der Waals surface area contributed by atoms with Crippen molar-refractivity contribution in [2.45, 2.75) is 0 Å². The maximum absolute atomic E-state index is 2.23. The predicted molar refractivity (Wildman–Crippen MR) is 85.1 cm³/mol. The summed E-state index contributed by atoms with van der Waals surface area (Å²) in [4.78, 5) is 0. The molecule has 3 aromatic carbocycles. The molecule has 0 aliphatic heterocycles. The van der Waals surface area contributed by atoms with E-state index in [1.54, 1.807) is 0 Å². The second-order valence-electron chi connectivity index (χ2n) is 4.34. The maximum atomic E-state index is 2.23. The molecular weight excluding hydrogens is 306 g/mol. The van der Waals surface area contributed by atoms with Crippen molar-refractivity contribution >= 4 is 23.8 Å². The number of benzene rings is 3. The van der Waals surface area contributed by atoms with Crippen LogP contribution < -0.4 is 15.9 Å². The van der Waals surface area contributed by atoms with Crippen LogP contribution in [0, 0.1) is 0 Å². The van der Waals surface area contributed by atoms with Crippen molar-refractivity contribution in [2.75, 3.05) is 0 Å². The molecule has 0 N–H and O–H groups in total. The van der Waals surface area contributed by atoms with E-state index < -0.39 is 7.92 Å². The molecule has 3 rings (SSSR count). The van der Waals surface area contributed by atoms with E-state index in [1.165, 1.54) is 15.9 Å². The molecule has 0 heterocycles. The van der Waals surface area contributed by atoms with E-state index in [9.17, 15) is 0 Å². The molecular formula is C18H15CoP. The molecule has 0 spiro atoms. The topological polar surface area (TPSA) is 0 Å². The first-order chi connectivity index (χ1) is 9.45. The Balaban J connectivity index is 0.00000147. The normalized spacial score (nSPS) is 10.1. The van der Waals surface area contributed by atoms with Gasteiger partial charge in [0.05, 0.1) is 0 Å². The van der Waals surface area contributed by atoms with Gasteiger partial charge in [0.2, 0.25) is 0 Å². The van der Waals surface area contributed by atoms with E-state index >= 15 is 0 Å². The van der Waals surface area contributed by atoms with E-state index in [0.717, 1.165) is 0 Å². The summed E-state index contributed by atoms with van der Waals surface area (Å²) in [7, 11) is -0.446. The van der Waals surface area contributed by atoms with Crippen LogP contribution in [-0.2, 0) is 16.8 Å². The van der Waals surface area contributed by atoms with Gasteiger partial charge in [-0.1, -0.05) is 91.0 Å². The van der Waals surface area contributed by atoms with Gasteiger partial charge in [-0.3, -0.25) is 0 Å². The Kier molecular flexibility index (Phi) is 5.55. The molecule has 0 aliphatic carbocycles. The zero-order valence-corrected chi connectivity index (χ0v) is 12.9. The molecule has 0 amide bonds. The molecule has 0 aromatic heterocycles. The van der Waals surface area contributed by atoms with Gasteiger partial charge in [0.1, 0.15) is 0 Å². The van der Waals surface area contributed by atoms with Crippen molar-refractivity contribution < 1.29 is 16.8 Å². The van der Waals surface area contributed by atoms with E-state index in [1.807, 2.05) is 0 Å². The minimum atomic E-state index is -0.446. The van der Waals surface area contributed by atoms with Crippen molar-refractivity contribution in [1.29, 1.82) is 0 Å². The van der Waals surface area contributed by atoms with Gasteiger partial charge in [-0.05, 0) is 23.8 Å². The van der Waals surface area contributed by atoms with Crippen LogP contribution in [0.4, 0.5) is 0 Å². The molecule has 0 saturated heterocycles. The van der Waals surface area contributed by atoms with Gasteiger partial charge in [0.25, 0.3) is 0 Å². The molecule has 0 saturated carbocycles. The smallest absolute Gasteiger partial charge is 0 e. The standard InChI is InChI=1S/C18H15P.Co/c1-4-10-16(11-5-1)19(17-12-6-2-7-13-17)18-14-8-3-9-15-18;/h1-15H;. The Morgan fingerprint density at radius 2 is 0.650 bits per heavy atom. The molecule has 0 unspecified atom stereocenters. The van der Waals surface area contributed by atoms with E-state index in [-0.39, 0.29) is 16.8 Å². The van der Waals surface area contributed by atoms with Crippen LogP contribution in [0.15, 0.2) is 91.0 Å². The van der Waals surface area contributed by atoms with E-state index in [0.29, 0.717) is 0 Å². The molecule has 0 nitrogen and oxygen atoms in total. The van der Waals surface area contributed by atoms with Gasteiger partial charge in [-0.15, -0.1) is 0 Å². The van der Waals surface area contributed by atoms with E-state index in [4.69, 9.17) is 0 Å². The van der Waals surface area contributed by atoms with Gasteiger partial charge in [-0.2, -0.15) is 0 Å².